The molecular formula is C15H14BrNO3. The quantitative estimate of drug-likeness (QED) is 0.937. The molecule has 0 radical (unpaired) electrons. The molecule has 0 atom stereocenters. The fourth-order valence-corrected chi connectivity index (χ4v) is 2.71. The minimum atomic E-state index is -1.01. The predicted molar refractivity (Wildman–Crippen MR) is 80.4 cm³/mol. The Hall–Kier alpha value is -1.88. The Balaban J connectivity index is 2.55. The Morgan fingerprint density at radius 3 is 2.60 bits per heavy atom. The van der Waals surface area contributed by atoms with E-state index in [0.29, 0.717) is 17.8 Å². The molecule has 0 saturated heterocycles. The van der Waals surface area contributed by atoms with Crippen LogP contribution in [0.25, 0.3) is 0 Å². The van der Waals surface area contributed by atoms with Gasteiger partial charge in [-0.3, -0.25) is 4.79 Å². The molecule has 20 heavy (non-hydrogen) atoms. The van der Waals surface area contributed by atoms with Crippen molar-refractivity contribution in [3.05, 3.63) is 67.5 Å². The van der Waals surface area contributed by atoms with Crippen molar-refractivity contribution in [1.29, 1.82) is 0 Å². The molecular weight excluding hydrogens is 322 g/mol. The summed E-state index contributed by atoms with van der Waals surface area (Å²) in [5, 5.41) is 9.25. The Labute approximate surface area is 124 Å². The normalized spacial score (nSPS) is 10.6. The SMILES string of the molecule is Cc1cc(=O)n(Cc2cccc(Br)c2)c(C)c1C(=O)O. The van der Waals surface area contributed by atoms with Crippen molar-refractivity contribution >= 4 is 21.9 Å². The maximum Gasteiger partial charge on any atom is 0.337 e. The van der Waals surface area contributed by atoms with Crippen LogP contribution in [0.3, 0.4) is 0 Å². The van der Waals surface area contributed by atoms with Crippen LogP contribution in [0, 0.1) is 13.8 Å². The Morgan fingerprint density at radius 1 is 1.30 bits per heavy atom. The number of halogens is 1. The smallest absolute Gasteiger partial charge is 0.337 e. The molecule has 2 aromatic rings. The first kappa shape index (κ1) is 14.5. The standard InChI is InChI=1S/C15H14BrNO3/c1-9-6-13(18)17(10(2)14(9)15(19)20)8-11-4-3-5-12(16)7-11/h3-7H,8H2,1-2H3,(H,19,20). The molecule has 1 aromatic carbocycles. The monoisotopic (exact) mass is 335 g/mol. The van der Waals surface area contributed by atoms with Gasteiger partial charge in [0.05, 0.1) is 12.1 Å². The number of aryl methyl sites for hydroxylation is 1. The fraction of sp³-hybridized carbons (Fsp3) is 0.200. The van der Waals surface area contributed by atoms with Gasteiger partial charge in [-0.15, -0.1) is 0 Å². The van der Waals surface area contributed by atoms with E-state index in [1.807, 2.05) is 24.3 Å². The molecule has 0 amide bonds. The summed E-state index contributed by atoms with van der Waals surface area (Å²) in [6, 6.07) is 8.96. The second-order valence-electron chi connectivity index (χ2n) is 4.65. The van der Waals surface area contributed by atoms with Crippen molar-refractivity contribution < 1.29 is 9.90 Å². The van der Waals surface area contributed by atoms with Crippen molar-refractivity contribution in [3.63, 3.8) is 0 Å². The number of benzene rings is 1. The van der Waals surface area contributed by atoms with Crippen LogP contribution >= 0.6 is 15.9 Å². The Morgan fingerprint density at radius 2 is 2.00 bits per heavy atom. The molecule has 1 heterocycles. The van der Waals surface area contributed by atoms with Crippen LogP contribution in [0.4, 0.5) is 0 Å². The van der Waals surface area contributed by atoms with E-state index in [2.05, 4.69) is 15.9 Å². The first-order chi connectivity index (χ1) is 9.40. The molecule has 1 aromatic heterocycles. The average Bonchev–Trinajstić information content (AvgIpc) is 2.33. The van der Waals surface area contributed by atoms with E-state index >= 15 is 0 Å². The highest BCUT2D eigenvalue weighted by molar-refractivity contribution is 9.10. The van der Waals surface area contributed by atoms with E-state index in [0.717, 1.165) is 10.0 Å². The summed E-state index contributed by atoms with van der Waals surface area (Å²) >= 11 is 3.38. The van der Waals surface area contributed by atoms with E-state index < -0.39 is 5.97 Å². The van der Waals surface area contributed by atoms with E-state index in [9.17, 15) is 14.7 Å². The lowest BCUT2D eigenvalue weighted by molar-refractivity contribution is 0.0694. The maximum atomic E-state index is 12.1. The lowest BCUT2D eigenvalue weighted by Crippen LogP contribution is -2.26. The van der Waals surface area contributed by atoms with Gasteiger partial charge in [-0.1, -0.05) is 28.1 Å². The summed E-state index contributed by atoms with van der Waals surface area (Å²) in [5.74, 6) is -1.01. The third-order valence-electron chi connectivity index (χ3n) is 3.21. The van der Waals surface area contributed by atoms with Crippen molar-refractivity contribution in [2.24, 2.45) is 0 Å². The number of carboxylic acids is 1. The molecule has 0 bridgehead atoms. The topological polar surface area (TPSA) is 59.3 Å². The van der Waals surface area contributed by atoms with Crippen LogP contribution in [0.2, 0.25) is 0 Å². The summed E-state index contributed by atoms with van der Waals surface area (Å²) < 4.78 is 2.41. The van der Waals surface area contributed by atoms with Gasteiger partial charge in [0.15, 0.2) is 0 Å². The van der Waals surface area contributed by atoms with Gasteiger partial charge >= 0.3 is 5.97 Å². The van der Waals surface area contributed by atoms with Gasteiger partial charge in [0.2, 0.25) is 0 Å². The van der Waals surface area contributed by atoms with E-state index in [4.69, 9.17) is 0 Å². The van der Waals surface area contributed by atoms with Gasteiger partial charge in [-0.05, 0) is 37.1 Å². The first-order valence-corrected chi connectivity index (χ1v) is 6.88. The number of aromatic nitrogens is 1. The molecule has 0 aliphatic rings. The summed E-state index contributed by atoms with van der Waals surface area (Å²) in [6.45, 7) is 3.65. The number of hydrogen-bond acceptors (Lipinski definition) is 2. The van der Waals surface area contributed by atoms with Gasteiger partial charge in [0.25, 0.3) is 5.56 Å². The number of pyridine rings is 1. The molecule has 0 aliphatic heterocycles. The largest absolute Gasteiger partial charge is 0.478 e. The van der Waals surface area contributed by atoms with Gasteiger partial charge in [-0.2, -0.15) is 0 Å². The number of nitrogens with zero attached hydrogens (tertiary/aromatic N) is 1. The number of rotatable bonds is 3. The molecule has 2 rings (SSSR count). The molecule has 4 nitrogen and oxygen atoms in total. The van der Waals surface area contributed by atoms with Crippen LogP contribution in [0.15, 0.2) is 39.6 Å². The minimum absolute atomic E-state index is 0.190. The highest BCUT2D eigenvalue weighted by Gasteiger charge is 2.15. The molecule has 1 N–H and O–H groups in total. The molecule has 0 saturated carbocycles. The molecule has 5 heteroatoms. The van der Waals surface area contributed by atoms with E-state index in [1.54, 1.807) is 13.8 Å². The van der Waals surface area contributed by atoms with Gasteiger partial charge < -0.3 is 9.67 Å². The Bertz CT molecular complexity index is 734. The van der Waals surface area contributed by atoms with Gasteiger partial charge in [0.1, 0.15) is 0 Å². The highest BCUT2D eigenvalue weighted by Crippen LogP contribution is 2.15. The highest BCUT2D eigenvalue weighted by atomic mass is 79.9. The molecule has 0 spiro atoms. The lowest BCUT2D eigenvalue weighted by atomic mass is 10.1. The van der Waals surface area contributed by atoms with E-state index in [1.165, 1.54) is 10.6 Å². The maximum absolute atomic E-state index is 12.1. The fourth-order valence-electron chi connectivity index (χ4n) is 2.26. The average molecular weight is 336 g/mol. The summed E-state index contributed by atoms with van der Waals surface area (Å²) in [6.07, 6.45) is 0. The zero-order valence-electron chi connectivity index (χ0n) is 11.2. The van der Waals surface area contributed by atoms with Crippen LogP contribution in [-0.2, 0) is 6.54 Å². The second kappa shape index (κ2) is 5.63. The van der Waals surface area contributed by atoms with Gasteiger partial charge in [-0.25, -0.2) is 4.79 Å². The third-order valence-corrected chi connectivity index (χ3v) is 3.70. The predicted octanol–water partition coefficient (Wildman–Crippen LogP) is 2.97. The van der Waals surface area contributed by atoms with Crippen molar-refractivity contribution in [1.82, 2.24) is 4.57 Å². The van der Waals surface area contributed by atoms with E-state index in [-0.39, 0.29) is 11.1 Å². The van der Waals surface area contributed by atoms with Gasteiger partial charge in [0, 0.05) is 16.2 Å². The van der Waals surface area contributed by atoms with Crippen LogP contribution in [0.1, 0.15) is 27.2 Å². The number of carbonyl (C=O) groups is 1. The van der Waals surface area contributed by atoms with Crippen LogP contribution < -0.4 is 5.56 Å². The summed E-state index contributed by atoms with van der Waals surface area (Å²) in [5.41, 5.74) is 1.90. The third kappa shape index (κ3) is 2.82. The number of hydrogen-bond donors (Lipinski definition) is 1. The van der Waals surface area contributed by atoms with Crippen LogP contribution in [-0.4, -0.2) is 15.6 Å². The van der Waals surface area contributed by atoms with Crippen molar-refractivity contribution in [3.8, 4) is 0 Å². The summed E-state index contributed by atoms with van der Waals surface area (Å²) in [7, 11) is 0. The molecule has 0 unspecified atom stereocenters. The lowest BCUT2D eigenvalue weighted by Gasteiger charge is -2.14. The molecule has 0 aliphatic carbocycles. The zero-order valence-corrected chi connectivity index (χ0v) is 12.8. The zero-order chi connectivity index (χ0) is 14.9. The number of carboxylic acid groups (broad SMARTS) is 1. The summed E-state index contributed by atoms with van der Waals surface area (Å²) in [4.78, 5) is 23.4. The Kier molecular flexibility index (Phi) is 4.09. The number of aromatic carboxylic acids is 1. The van der Waals surface area contributed by atoms with Crippen molar-refractivity contribution in [2.45, 2.75) is 20.4 Å². The van der Waals surface area contributed by atoms with Crippen molar-refractivity contribution in [2.75, 3.05) is 0 Å². The first-order valence-electron chi connectivity index (χ1n) is 6.09. The second-order valence-corrected chi connectivity index (χ2v) is 5.56. The minimum Gasteiger partial charge on any atom is -0.478 e. The molecule has 104 valence electrons. The van der Waals surface area contributed by atoms with Crippen LogP contribution in [0.5, 0.6) is 0 Å². The molecule has 0 fully saturated rings.